The molecular weight excluding hydrogens is 222 g/mol. The minimum absolute atomic E-state index is 0.276. The highest BCUT2D eigenvalue weighted by atomic mass is 32.2. The van der Waals surface area contributed by atoms with Crippen LogP contribution < -0.4 is 5.73 Å². The molecule has 1 aromatic heterocycles. The Balaban J connectivity index is 2.29. The van der Waals surface area contributed by atoms with Crippen molar-refractivity contribution in [3.05, 3.63) is 23.8 Å². The number of carbonyl (C=O) groups excluding carboxylic acids is 1. The van der Waals surface area contributed by atoms with Crippen molar-refractivity contribution in [2.45, 2.75) is 24.3 Å². The predicted octanol–water partition coefficient (Wildman–Crippen LogP) is 1.84. The molecule has 1 aromatic carbocycles. The second kappa shape index (κ2) is 4.17. The summed E-state index contributed by atoms with van der Waals surface area (Å²) in [5.74, 6) is -0.332. The van der Waals surface area contributed by atoms with Crippen LogP contribution >= 0.6 is 11.8 Å². The fraction of sp³-hybridized carbons (Fsp3) is 0.273. The molecule has 0 aliphatic rings. The van der Waals surface area contributed by atoms with E-state index in [0.29, 0.717) is 0 Å². The standard InChI is InChI=1S/C11H13N3OS/c1-6-3-4-8-9(5-6)14-11(13-8)16-7(2)10(12)15/h3-5,7H,1-2H3,(H2,12,15)(H,13,14). The van der Waals surface area contributed by atoms with Gasteiger partial charge in [0.2, 0.25) is 5.91 Å². The van der Waals surface area contributed by atoms with Crippen molar-refractivity contribution in [3.8, 4) is 0 Å². The normalized spacial score (nSPS) is 12.9. The van der Waals surface area contributed by atoms with E-state index in [-0.39, 0.29) is 11.2 Å². The first-order chi connectivity index (χ1) is 7.56. The summed E-state index contributed by atoms with van der Waals surface area (Å²) >= 11 is 1.34. The van der Waals surface area contributed by atoms with Gasteiger partial charge >= 0.3 is 0 Å². The highest BCUT2D eigenvalue weighted by Crippen LogP contribution is 2.23. The molecule has 16 heavy (non-hydrogen) atoms. The lowest BCUT2D eigenvalue weighted by molar-refractivity contribution is -0.117. The molecule has 4 nitrogen and oxygen atoms in total. The van der Waals surface area contributed by atoms with Crippen LogP contribution in [0.1, 0.15) is 12.5 Å². The maximum Gasteiger partial charge on any atom is 0.230 e. The Kier molecular flexibility index (Phi) is 2.87. The van der Waals surface area contributed by atoms with Crippen LogP contribution in [0.15, 0.2) is 23.4 Å². The van der Waals surface area contributed by atoms with Crippen molar-refractivity contribution in [3.63, 3.8) is 0 Å². The molecule has 0 aliphatic heterocycles. The third-order valence-electron chi connectivity index (χ3n) is 2.30. The van der Waals surface area contributed by atoms with Gasteiger partial charge in [-0.3, -0.25) is 4.79 Å². The van der Waals surface area contributed by atoms with Crippen LogP contribution in [0.4, 0.5) is 0 Å². The third kappa shape index (κ3) is 2.19. The van der Waals surface area contributed by atoms with E-state index >= 15 is 0 Å². The summed E-state index contributed by atoms with van der Waals surface area (Å²) in [5, 5.41) is 0.452. The van der Waals surface area contributed by atoms with E-state index in [1.807, 2.05) is 25.1 Å². The monoisotopic (exact) mass is 235 g/mol. The van der Waals surface area contributed by atoms with Crippen molar-refractivity contribution in [2.75, 3.05) is 0 Å². The molecule has 3 N–H and O–H groups in total. The van der Waals surface area contributed by atoms with E-state index in [9.17, 15) is 4.79 Å². The second-order valence-corrected chi connectivity index (χ2v) is 5.05. The van der Waals surface area contributed by atoms with Crippen LogP contribution in [0.5, 0.6) is 0 Å². The van der Waals surface area contributed by atoms with E-state index in [2.05, 4.69) is 9.97 Å². The first-order valence-corrected chi connectivity index (χ1v) is 5.86. The van der Waals surface area contributed by atoms with E-state index in [0.717, 1.165) is 16.2 Å². The maximum atomic E-state index is 10.9. The van der Waals surface area contributed by atoms with Crippen LogP contribution in [-0.2, 0) is 4.79 Å². The minimum atomic E-state index is -0.332. The molecule has 0 radical (unpaired) electrons. The maximum absolute atomic E-state index is 10.9. The van der Waals surface area contributed by atoms with Crippen LogP contribution in [0.2, 0.25) is 0 Å². The summed E-state index contributed by atoms with van der Waals surface area (Å²) in [6.07, 6.45) is 0. The average molecular weight is 235 g/mol. The number of rotatable bonds is 3. The number of nitrogens with one attached hydrogen (secondary N) is 1. The Hall–Kier alpha value is -1.49. The lowest BCUT2D eigenvalue weighted by atomic mass is 10.2. The number of H-pyrrole nitrogens is 1. The lowest BCUT2D eigenvalue weighted by Crippen LogP contribution is -2.22. The van der Waals surface area contributed by atoms with Crippen molar-refractivity contribution < 1.29 is 4.79 Å². The first kappa shape index (κ1) is 11.0. The second-order valence-electron chi connectivity index (χ2n) is 3.73. The number of imidazole rings is 1. The van der Waals surface area contributed by atoms with Crippen molar-refractivity contribution >= 4 is 28.7 Å². The van der Waals surface area contributed by atoms with Gasteiger partial charge in [-0.05, 0) is 31.5 Å². The molecule has 2 rings (SSSR count). The van der Waals surface area contributed by atoms with Gasteiger partial charge in [0.25, 0.3) is 0 Å². The summed E-state index contributed by atoms with van der Waals surface area (Å²) < 4.78 is 0. The number of thioether (sulfide) groups is 1. The lowest BCUT2D eigenvalue weighted by Gasteiger charge is -2.02. The molecule has 1 unspecified atom stereocenters. The van der Waals surface area contributed by atoms with Gasteiger partial charge in [-0.15, -0.1) is 0 Å². The number of aryl methyl sites for hydroxylation is 1. The highest BCUT2D eigenvalue weighted by Gasteiger charge is 2.13. The Morgan fingerprint density at radius 2 is 2.31 bits per heavy atom. The Labute approximate surface area is 97.6 Å². The number of aromatic nitrogens is 2. The molecular formula is C11H13N3OS. The smallest absolute Gasteiger partial charge is 0.230 e. The molecule has 0 saturated heterocycles. The highest BCUT2D eigenvalue weighted by molar-refractivity contribution is 8.00. The third-order valence-corrected chi connectivity index (χ3v) is 3.31. The fourth-order valence-electron chi connectivity index (χ4n) is 1.38. The summed E-state index contributed by atoms with van der Waals surface area (Å²) in [6, 6.07) is 6.00. The number of carbonyl (C=O) groups is 1. The number of primary amides is 1. The molecule has 0 saturated carbocycles. The molecule has 0 bridgehead atoms. The van der Waals surface area contributed by atoms with E-state index in [1.165, 1.54) is 17.3 Å². The predicted molar refractivity (Wildman–Crippen MR) is 65.3 cm³/mol. The molecule has 84 valence electrons. The molecule has 1 heterocycles. The number of aromatic amines is 1. The van der Waals surface area contributed by atoms with Crippen molar-refractivity contribution in [2.24, 2.45) is 5.73 Å². The molecule has 5 heteroatoms. The zero-order valence-electron chi connectivity index (χ0n) is 9.15. The van der Waals surface area contributed by atoms with E-state index < -0.39 is 0 Å². The minimum Gasteiger partial charge on any atom is -0.369 e. The zero-order chi connectivity index (χ0) is 11.7. The average Bonchev–Trinajstić information content (AvgIpc) is 2.58. The van der Waals surface area contributed by atoms with Crippen molar-refractivity contribution in [1.29, 1.82) is 0 Å². The number of nitrogens with zero attached hydrogens (tertiary/aromatic N) is 1. The Bertz CT molecular complexity index is 535. The van der Waals surface area contributed by atoms with Gasteiger partial charge in [0.1, 0.15) is 0 Å². The quantitative estimate of drug-likeness (QED) is 0.797. The van der Waals surface area contributed by atoms with Crippen molar-refractivity contribution in [1.82, 2.24) is 9.97 Å². The number of benzene rings is 1. The van der Waals surface area contributed by atoms with Gasteiger partial charge in [-0.1, -0.05) is 17.8 Å². The van der Waals surface area contributed by atoms with Crippen LogP contribution in [0.3, 0.4) is 0 Å². The molecule has 0 spiro atoms. The van der Waals surface area contributed by atoms with E-state index in [1.54, 1.807) is 6.92 Å². The summed E-state index contributed by atoms with van der Waals surface area (Å²) in [6.45, 7) is 3.80. The SMILES string of the molecule is Cc1ccc2nc(SC(C)C(N)=O)[nH]c2c1. The number of nitrogens with two attached hydrogens (primary N) is 1. The first-order valence-electron chi connectivity index (χ1n) is 4.98. The van der Waals surface area contributed by atoms with Crippen LogP contribution in [0.25, 0.3) is 11.0 Å². The molecule has 2 aromatic rings. The topological polar surface area (TPSA) is 71.8 Å². The molecule has 1 amide bonds. The summed E-state index contributed by atoms with van der Waals surface area (Å²) in [4.78, 5) is 18.5. The summed E-state index contributed by atoms with van der Waals surface area (Å²) in [5.41, 5.74) is 8.27. The van der Waals surface area contributed by atoms with Gasteiger partial charge in [-0.25, -0.2) is 4.98 Å². The van der Waals surface area contributed by atoms with Gasteiger partial charge in [0.15, 0.2) is 5.16 Å². The Morgan fingerprint density at radius 1 is 1.56 bits per heavy atom. The van der Waals surface area contributed by atoms with Gasteiger partial charge in [0, 0.05) is 0 Å². The molecule has 1 atom stereocenters. The molecule has 0 aliphatic carbocycles. The Morgan fingerprint density at radius 3 is 3.00 bits per heavy atom. The summed E-state index contributed by atoms with van der Waals surface area (Å²) in [7, 11) is 0. The number of fused-ring (bicyclic) bond motifs is 1. The van der Waals surface area contributed by atoms with E-state index in [4.69, 9.17) is 5.73 Å². The number of amides is 1. The molecule has 0 fully saturated rings. The number of hydrogen-bond donors (Lipinski definition) is 2. The number of hydrogen-bond acceptors (Lipinski definition) is 3. The van der Waals surface area contributed by atoms with Crippen LogP contribution in [-0.4, -0.2) is 21.1 Å². The van der Waals surface area contributed by atoms with Gasteiger partial charge in [0.05, 0.1) is 16.3 Å². The fourth-order valence-corrected chi connectivity index (χ4v) is 2.15. The van der Waals surface area contributed by atoms with Crippen LogP contribution in [0, 0.1) is 6.92 Å². The zero-order valence-corrected chi connectivity index (χ0v) is 9.97. The largest absolute Gasteiger partial charge is 0.369 e. The van der Waals surface area contributed by atoms with Gasteiger partial charge in [-0.2, -0.15) is 0 Å². The van der Waals surface area contributed by atoms with Gasteiger partial charge < -0.3 is 10.7 Å².